The lowest BCUT2D eigenvalue weighted by Gasteiger charge is -2.22. The van der Waals surface area contributed by atoms with Crippen molar-refractivity contribution in [2.24, 2.45) is 0 Å². The predicted molar refractivity (Wildman–Crippen MR) is 205 cm³/mol. The Hall–Kier alpha value is -6.77. The van der Waals surface area contributed by atoms with Crippen LogP contribution in [0, 0.1) is 11.3 Å². The second kappa shape index (κ2) is 12.0. The van der Waals surface area contributed by atoms with Gasteiger partial charge in [-0.3, -0.25) is 4.98 Å². The van der Waals surface area contributed by atoms with Gasteiger partial charge in [-0.05, 0) is 81.4 Å². The summed E-state index contributed by atoms with van der Waals surface area (Å²) in [6.07, 6.45) is 1.85. The zero-order valence-corrected chi connectivity index (χ0v) is 28.2. The Morgan fingerprint density at radius 2 is 1.12 bits per heavy atom. The summed E-state index contributed by atoms with van der Waals surface area (Å²) in [5.41, 5.74) is 13.1. The predicted octanol–water partition coefficient (Wildman–Crippen LogP) is 10.9. The third-order valence-electron chi connectivity index (χ3n) is 9.97. The van der Waals surface area contributed by atoms with E-state index < -0.39 is 0 Å². The first kappa shape index (κ1) is 30.3. The molecule has 0 spiro atoms. The van der Waals surface area contributed by atoms with E-state index in [1.165, 1.54) is 16.7 Å². The van der Waals surface area contributed by atoms with Gasteiger partial charge in [0.1, 0.15) is 0 Å². The van der Waals surface area contributed by atoms with E-state index in [0.717, 1.165) is 55.4 Å². The zero-order chi connectivity index (χ0) is 34.5. The number of nitriles is 1. The smallest absolute Gasteiger partial charge is 0.164 e. The van der Waals surface area contributed by atoms with Crippen molar-refractivity contribution in [3.05, 3.63) is 168 Å². The molecule has 0 radical (unpaired) electrons. The van der Waals surface area contributed by atoms with Crippen molar-refractivity contribution < 1.29 is 0 Å². The molecule has 2 aromatic heterocycles. The Morgan fingerprint density at radius 1 is 0.471 bits per heavy atom. The molecule has 0 aliphatic heterocycles. The standard InChI is InChI=1S/C46H31N5/c1-46(2)40-21-18-29(28-47)23-39(40)38-20-19-33(27-41(38)46)34-24-35(37-17-9-15-30-16-10-22-48-42(30)37)26-36(25-34)45-50-43(31-11-5-3-6-12-31)49-44(51-45)32-13-7-4-8-14-32/h3-27H,1-2H3. The van der Waals surface area contributed by atoms with E-state index in [2.05, 4.69) is 86.6 Å². The molecule has 0 bridgehead atoms. The Kier molecular flexibility index (Phi) is 7.12. The van der Waals surface area contributed by atoms with Crippen LogP contribution in [0.15, 0.2) is 152 Å². The highest BCUT2D eigenvalue weighted by Gasteiger charge is 2.35. The molecule has 1 aliphatic rings. The second-order valence-corrected chi connectivity index (χ2v) is 13.5. The molecule has 0 amide bonds. The van der Waals surface area contributed by atoms with Gasteiger partial charge in [-0.15, -0.1) is 0 Å². The maximum absolute atomic E-state index is 9.64. The molecule has 9 rings (SSSR count). The van der Waals surface area contributed by atoms with Crippen LogP contribution >= 0.6 is 0 Å². The fourth-order valence-corrected chi connectivity index (χ4v) is 7.36. The molecule has 5 heteroatoms. The minimum atomic E-state index is -0.224. The van der Waals surface area contributed by atoms with Crippen molar-refractivity contribution in [3.63, 3.8) is 0 Å². The second-order valence-electron chi connectivity index (χ2n) is 13.5. The van der Waals surface area contributed by atoms with Crippen LogP contribution in [0.2, 0.25) is 0 Å². The van der Waals surface area contributed by atoms with Gasteiger partial charge in [-0.1, -0.05) is 117 Å². The van der Waals surface area contributed by atoms with E-state index in [0.29, 0.717) is 23.0 Å². The SMILES string of the molecule is CC1(C)c2ccc(C#N)cc2-c2ccc(-c3cc(-c4nc(-c5ccccc5)nc(-c5ccccc5)n4)cc(-c4cccc5cccnc45)c3)cc21. The van der Waals surface area contributed by atoms with E-state index in [4.69, 9.17) is 19.9 Å². The Labute approximate surface area is 296 Å². The number of nitrogens with zero attached hydrogens (tertiary/aromatic N) is 5. The molecule has 0 saturated heterocycles. The van der Waals surface area contributed by atoms with Gasteiger partial charge >= 0.3 is 0 Å². The average molecular weight is 654 g/mol. The van der Waals surface area contributed by atoms with Crippen LogP contribution in [0.1, 0.15) is 30.5 Å². The minimum absolute atomic E-state index is 0.224. The zero-order valence-electron chi connectivity index (χ0n) is 28.2. The molecule has 6 aromatic carbocycles. The lowest BCUT2D eigenvalue weighted by Crippen LogP contribution is -2.15. The van der Waals surface area contributed by atoms with E-state index in [-0.39, 0.29) is 5.41 Å². The van der Waals surface area contributed by atoms with Crippen molar-refractivity contribution in [1.82, 2.24) is 19.9 Å². The highest BCUT2D eigenvalue weighted by atomic mass is 15.0. The van der Waals surface area contributed by atoms with Crippen LogP contribution in [-0.2, 0) is 5.41 Å². The summed E-state index contributed by atoms with van der Waals surface area (Å²) in [6.45, 7) is 4.52. The van der Waals surface area contributed by atoms with Gasteiger partial charge in [-0.2, -0.15) is 5.26 Å². The monoisotopic (exact) mass is 653 g/mol. The van der Waals surface area contributed by atoms with Crippen LogP contribution in [0.25, 0.3) is 78.4 Å². The van der Waals surface area contributed by atoms with Crippen molar-refractivity contribution >= 4 is 10.9 Å². The van der Waals surface area contributed by atoms with Crippen LogP contribution in [0.4, 0.5) is 0 Å². The molecule has 0 fully saturated rings. The van der Waals surface area contributed by atoms with Gasteiger partial charge in [-0.25, -0.2) is 15.0 Å². The number of pyridine rings is 1. The van der Waals surface area contributed by atoms with Crippen LogP contribution < -0.4 is 0 Å². The summed E-state index contributed by atoms with van der Waals surface area (Å²) in [6, 6.07) is 52.2. The summed E-state index contributed by atoms with van der Waals surface area (Å²) in [5.74, 6) is 1.83. The Bertz CT molecular complexity index is 2610. The van der Waals surface area contributed by atoms with Crippen molar-refractivity contribution in [2.75, 3.05) is 0 Å². The first-order valence-electron chi connectivity index (χ1n) is 17.0. The number of para-hydroxylation sites is 1. The third kappa shape index (κ3) is 5.26. The molecule has 8 aromatic rings. The maximum atomic E-state index is 9.64. The third-order valence-corrected chi connectivity index (χ3v) is 9.97. The minimum Gasteiger partial charge on any atom is -0.256 e. The van der Waals surface area contributed by atoms with E-state index in [1.54, 1.807) is 0 Å². The number of fused-ring (bicyclic) bond motifs is 4. The molecule has 5 nitrogen and oxygen atoms in total. The highest BCUT2D eigenvalue weighted by Crippen LogP contribution is 2.50. The normalized spacial score (nSPS) is 12.6. The van der Waals surface area contributed by atoms with Gasteiger partial charge in [0.15, 0.2) is 17.5 Å². The van der Waals surface area contributed by atoms with Gasteiger partial charge in [0.2, 0.25) is 0 Å². The quantitative estimate of drug-likeness (QED) is 0.185. The molecule has 0 unspecified atom stereocenters. The van der Waals surface area contributed by atoms with Crippen molar-refractivity contribution in [2.45, 2.75) is 19.3 Å². The number of aromatic nitrogens is 4. The first-order valence-corrected chi connectivity index (χ1v) is 17.0. The summed E-state index contributed by atoms with van der Waals surface area (Å²) in [4.78, 5) is 19.9. The number of rotatable bonds is 5. The van der Waals surface area contributed by atoms with Crippen molar-refractivity contribution in [1.29, 1.82) is 5.26 Å². The molecule has 0 N–H and O–H groups in total. The first-order chi connectivity index (χ1) is 25.0. The van der Waals surface area contributed by atoms with E-state index in [1.807, 2.05) is 85.1 Å². The fourth-order valence-electron chi connectivity index (χ4n) is 7.36. The molecule has 240 valence electrons. The van der Waals surface area contributed by atoms with Crippen LogP contribution in [0.3, 0.4) is 0 Å². The molecular weight excluding hydrogens is 623 g/mol. The van der Waals surface area contributed by atoms with Crippen LogP contribution in [-0.4, -0.2) is 19.9 Å². The molecule has 51 heavy (non-hydrogen) atoms. The Balaban J connectivity index is 1.28. The van der Waals surface area contributed by atoms with E-state index >= 15 is 0 Å². The largest absolute Gasteiger partial charge is 0.256 e. The number of hydrogen-bond donors (Lipinski definition) is 0. The van der Waals surface area contributed by atoms with Gasteiger partial charge in [0.05, 0.1) is 17.1 Å². The highest BCUT2D eigenvalue weighted by molar-refractivity contribution is 5.95. The number of benzene rings is 6. The molecule has 2 heterocycles. The van der Waals surface area contributed by atoms with Crippen molar-refractivity contribution in [3.8, 4) is 73.6 Å². The Morgan fingerprint density at radius 3 is 1.82 bits per heavy atom. The summed E-state index contributed by atoms with van der Waals surface area (Å²) < 4.78 is 0. The lowest BCUT2D eigenvalue weighted by molar-refractivity contribution is 0.660. The van der Waals surface area contributed by atoms with Crippen LogP contribution in [0.5, 0.6) is 0 Å². The van der Waals surface area contributed by atoms with Gasteiger partial charge in [0.25, 0.3) is 0 Å². The van der Waals surface area contributed by atoms with Gasteiger partial charge in [0, 0.05) is 39.3 Å². The molecule has 0 saturated carbocycles. The average Bonchev–Trinajstić information content (AvgIpc) is 3.42. The maximum Gasteiger partial charge on any atom is 0.164 e. The van der Waals surface area contributed by atoms with Gasteiger partial charge < -0.3 is 0 Å². The molecule has 1 aliphatic carbocycles. The number of hydrogen-bond acceptors (Lipinski definition) is 5. The molecular formula is C46H31N5. The summed E-state index contributed by atoms with van der Waals surface area (Å²) in [7, 11) is 0. The summed E-state index contributed by atoms with van der Waals surface area (Å²) >= 11 is 0. The fraction of sp³-hybridized carbons (Fsp3) is 0.0652. The van der Waals surface area contributed by atoms with E-state index in [9.17, 15) is 5.26 Å². The summed E-state index contributed by atoms with van der Waals surface area (Å²) in [5, 5.41) is 10.7. The topological polar surface area (TPSA) is 75.3 Å². The lowest BCUT2D eigenvalue weighted by atomic mass is 9.81. The molecule has 0 atom stereocenters.